The number of nitrogens with zero attached hydrogens (tertiary/aromatic N) is 2. The fourth-order valence-corrected chi connectivity index (χ4v) is 3.21. The van der Waals surface area contributed by atoms with Crippen LogP contribution in [0.3, 0.4) is 0 Å². The summed E-state index contributed by atoms with van der Waals surface area (Å²) in [6.45, 7) is 0. The van der Waals surface area contributed by atoms with Gasteiger partial charge in [0.1, 0.15) is 5.69 Å². The molecule has 0 saturated carbocycles. The molecule has 0 radical (unpaired) electrons. The number of benzene rings is 1. The summed E-state index contributed by atoms with van der Waals surface area (Å²) in [4.78, 5) is 5.39. The number of hydrogen-bond acceptors (Lipinski definition) is 6. The van der Waals surface area contributed by atoms with Gasteiger partial charge in [-0.15, -0.1) is 11.3 Å². The van der Waals surface area contributed by atoms with Gasteiger partial charge in [0.25, 0.3) is 5.71 Å². The molecule has 2 N–H and O–H groups in total. The number of aliphatic hydroxyl groups excluding tert-OH is 1. The quantitative estimate of drug-likeness (QED) is 0.563. The number of pyridine rings is 1. The molecular formula is C17H12N2O3S. The van der Waals surface area contributed by atoms with Crippen molar-refractivity contribution in [2.75, 3.05) is 0 Å². The lowest BCUT2D eigenvalue weighted by Gasteiger charge is -2.08. The van der Waals surface area contributed by atoms with Crippen LogP contribution in [0, 0.1) is 0 Å². The number of thiophene rings is 1. The highest BCUT2D eigenvalue weighted by atomic mass is 32.1. The van der Waals surface area contributed by atoms with E-state index in [4.69, 9.17) is 4.52 Å². The molecule has 3 aromatic heterocycles. The topological polar surface area (TPSA) is 79.4 Å². The van der Waals surface area contributed by atoms with Gasteiger partial charge in [0.15, 0.2) is 6.29 Å². The lowest BCUT2D eigenvalue weighted by molar-refractivity contribution is -0.0413. The van der Waals surface area contributed by atoms with Gasteiger partial charge in [0, 0.05) is 11.1 Å². The van der Waals surface area contributed by atoms with E-state index in [2.05, 4.69) is 10.1 Å². The van der Waals surface area contributed by atoms with E-state index in [-0.39, 0.29) is 5.71 Å². The zero-order valence-electron chi connectivity index (χ0n) is 11.9. The van der Waals surface area contributed by atoms with E-state index in [1.165, 1.54) is 11.3 Å². The molecule has 0 spiro atoms. The average molecular weight is 324 g/mol. The fourth-order valence-electron chi connectivity index (χ4n) is 2.53. The van der Waals surface area contributed by atoms with Gasteiger partial charge < -0.3 is 14.7 Å². The van der Waals surface area contributed by atoms with Crippen molar-refractivity contribution in [3.63, 3.8) is 0 Å². The fraction of sp³-hybridized carbons (Fsp3) is 0.0588. The Morgan fingerprint density at radius 1 is 1.04 bits per heavy atom. The standard InChI is InChI=1S/C17H12N2O3S/c20-17(21)11-9-12(13-7-4-8-23-13)18-16-14(11)15(19-22-16)10-5-2-1-3-6-10/h1-9,17,20-21H. The number of rotatable bonds is 3. The maximum atomic E-state index is 9.80. The molecule has 0 aliphatic heterocycles. The molecule has 0 fully saturated rings. The third-order valence-electron chi connectivity index (χ3n) is 3.58. The van der Waals surface area contributed by atoms with Gasteiger partial charge in [-0.05, 0) is 17.5 Å². The van der Waals surface area contributed by atoms with Crippen molar-refractivity contribution in [2.24, 2.45) is 0 Å². The lowest BCUT2D eigenvalue weighted by atomic mass is 10.0. The smallest absolute Gasteiger partial charge is 0.259 e. The predicted molar refractivity (Wildman–Crippen MR) is 87.7 cm³/mol. The summed E-state index contributed by atoms with van der Waals surface area (Å²) in [5, 5.41) is 26.1. The zero-order chi connectivity index (χ0) is 15.8. The van der Waals surface area contributed by atoms with E-state index >= 15 is 0 Å². The third kappa shape index (κ3) is 2.43. The Morgan fingerprint density at radius 3 is 2.57 bits per heavy atom. The van der Waals surface area contributed by atoms with Gasteiger partial charge in [-0.1, -0.05) is 41.6 Å². The van der Waals surface area contributed by atoms with Crippen LogP contribution >= 0.6 is 11.3 Å². The van der Waals surface area contributed by atoms with Gasteiger partial charge in [-0.3, -0.25) is 0 Å². The van der Waals surface area contributed by atoms with E-state index in [9.17, 15) is 10.2 Å². The molecule has 5 nitrogen and oxygen atoms in total. The monoisotopic (exact) mass is 324 g/mol. The predicted octanol–water partition coefficient (Wildman–Crippen LogP) is 3.60. The van der Waals surface area contributed by atoms with E-state index < -0.39 is 6.29 Å². The Balaban J connectivity index is 1.99. The highest BCUT2D eigenvalue weighted by Crippen LogP contribution is 2.35. The molecular weight excluding hydrogens is 312 g/mol. The minimum absolute atomic E-state index is 0.290. The Labute approximate surface area is 135 Å². The first-order valence-electron chi connectivity index (χ1n) is 7.00. The summed E-state index contributed by atoms with van der Waals surface area (Å²) in [5.74, 6) is 0. The van der Waals surface area contributed by atoms with E-state index in [0.29, 0.717) is 22.3 Å². The molecule has 0 aliphatic carbocycles. The first kappa shape index (κ1) is 14.1. The second-order valence-corrected chi connectivity index (χ2v) is 5.97. The van der Waals surface area contributed by atoms with Crippen molar-refractivity contribution in [1.82, 2.24) is 10.1 Å². The number of fused-ring (bicyclic) bond motifs is 1. The molecule has 0 amide bonds. The summed E-state index contributed by atoms with van der Waals surface area (Å²) < 4.78 is 5.35. The number of aliphatic hydroxyl groups is 2. The minimum atomic E-state index is -1.64. The van der Waals surface area contributed by atoms with Gasteiger partial charge in [0.05, 0.1) is 16.0 Å². The van der Waals surface area contributed by atoms with Crippen LogP contribution in [0.4, 0.5) is 0 Å². The van der Waals surface area contributed by atoms with Gasteiger partial charge >= 0.3 is 0 Å². The molecule has 0 unspecified atom stereocenters. The van der Waals surface area contributed by atoms with Crippen LogP contribution in [0.15, 0.2) is 58.4 Å². The van der Waals surface area contributed by atoms with Gasteiger partial charge in [-0.2, -0.15) is 0 Å². The normalized spacial score (nSPS) is 11.4. The Bertz CT molecular complexity index is 947. The van der Waals surface area contributed by atoms with Crippen molar-refractivity contribution < 1.29 is 14.7 Å². The molecule has 114 valence electrons. The summed E-state index contributed by atoms with van der Waals surface area (Å²) in [6, 6.07) is 15.0. The highest BCUT2D eigenvalue weighted by Gasteiger charge is 2.21. The largest absolute Gasteiger partial charge is 0.364 e. The van der Waals surface area contributed by atoms with Crippen molar-refractivity contribution in [3.05, 3.63) is 59.5 Å². The van der Waals surface area contributed by atoms with Crippen molar-refractivity contribution >= 4 is 22.4 Å². The first-order valence-corrected chi connectivity index (χ1v) is 7.88. The molecule has 23 heavy (non-hydrogen) atoms. The Morgan fingerprint density at radius 2 is 1.87 bits per heavy atom. The van der Waals surface area contributed by atoms with Gasteiger partial charge in [0.2, 0.25) is 0 Å². The number of aromatic nitrogens is 2. The van der Waals surface area contributed by atoms with E-state index in [0.717, 1.165) is 10.4 Å². The molecule has 0 aliphatic rings. The number of hydrogen-bond donors (Lipinski definition) is 2. The third-order valence-corrected chi connectivity index (χ3v) is 4.47. The molecule has 0 bridgehead atoms. The van der Waals surface area contributed by atoms with Crippen LogP contribution in [0.25, 0.3) is 32.9 Å². The molecule has 1 aromatic carbocycles. The van der Waals surface area contributed by atoms with Crippen molar-refractivity contribution in [1.29, 1.82) is 0 Å². The van der Waals surface area contributed by atoms with Crippen LogP contribution in [-0.2, 0) is 0 Å². The van der Waals surface area contributed by atoms with Crippen LogP contribution in [0.5, 0.6) is 0 Å². The van der Waals surface area contributed by atoms with Crippen LogP contribution in [-0.4, -0.2) is 20.4 Å². The first-order chi connectivity index (χ1) is 11.2. The maximum Gasteiger partial charge on any atom is 0.259 e. The van der Waals surface area contributed by atoms with Crippen LogP contribution in [0.2, 0.25) is 0 Å². The van der Waals surface area contributed by atoms with E-state index in [1.54, 1.807) is 6.07 Å². The maximum absolute atomic E-state index is 9.80. The summed E-state index contributed by atoms with van der Waals surface area (Å²) in [6.07, 6.45) is -1.64. The van der Waals surface area contributed by atoms with Crippen molar-refractivity contribution in [3.8, 4) is 21.8 Å². The second kappa shape index (κ2) is 5.58. The SMILES string of the molecule is OC(O)c1cc(-c2cccs2)nc2onc(-c3ccccc3)c12. The second-order valence-electron chi connectivity index (χ2n) is 5.03. The summed E-state index contributed by atoms with van der Waals surface area (Å²) in [7, 11) is 0. The molecule has 3 heterocycles. The zero-order valence-corrected chi connectivity index (χ0v) is 12.7. The van der Waals surface area contributed by atoms with Crippen LogP contribution in [0.1, 0.15) is 11.9 Å². The lowest BCUT2D eigenvalue weighted by Crippen LogP contribution is -1.98. The van der Waals surface area contributed by atoms with Crippen LogP contribution < -0.4 is 0 Å². The van der Waals surface area contributed by atoms with E-state index in [1.807, 2.05) is 47.8 Å². The summed E-state index contributed by atoms with van der Waals surface area (Å²) in [5.41, 5.74) is 2.63. The molecule has 6 heteroatoms. The molecule has 4 aromatic rings. The van der Waals surface area contributed by atoms with Gasteiger partial charge in [-0.25, -0.2) is 4.98 Å². The molecule has 0 atom stereocenters. The average Bonchev–Trinajstić information content (AvgIpc) is 3.24. The minimum Gasteiger partial charge on any atom is -0.364 e. The summed E-state index contributed by atoms with van der Waals surface area (Å²) >= 11 is 1.52. The molecule has 4 rings (SSSR count). The molecule has 0 saturated heterocycles. The van der Waals surface area contributed by atoms with Crippen molar-refractivity contribution in [2.45, 2.75) is 6.29 Å². The Hall–Kier alpha value is -2.54. The highest BCUT2D eigenvalue weighted by molar-refractivity contribution is 7.13. The Kier molecular flexibility index (Phi) is 3.42.